The van der Waals surface area contributed by atoms with Crippen molar-refractivity contribution in [2.24, 2.45) is 4.99 Å². The molecule has 0 amide bonds. The van der Waals surface area contributed by atoms with Crippen molar-refractivity contribution in [1.29, 1.82) is 0 Å². The number of hydrogen-bond acceptors (Lipinski definition) is 4. The van der Waals surface area contributed by atoms with Gasteiger partial charge in [0.25, 0.3) is 0 Å². The van der Waals surface area contributed by atoms with E-state index in [-0.39, 0.29) is 17.9 Å². The van der Waals surface area contributed by atoms with Gasteiger partial charge in [-0.05, 0) is 31.7 Å². The van der Waals surface area contributed by atoms with Gasteiger partial charge >= 0.3 is 5.97 Å². The molecule has 0 aliphatic carbocycles. The minimum Gasteiger partial charge on any atom is -0.508 e. The van der Waals surface area contributed by atoms with E-state index in [0.29, 0.717) is 42.5 Å². The molecular weight excluding hydrogens is 306 g/mol. The Morgan fingerprint density at radius 2 is 1.83 bits per heavy atom. The van der Waals surface area contributed by atoms with Gasteiger partial charge in [0.15, 0.2) is 0 Å². The lowest BCUT2D eigenvalue weighted by molar-refractivity contribution is -0.137. The number of nitrogens with zero attached hydrogens (tertiary/aromatic N) is 1. The summed E-state index contributed by atoms with van der Waals surface area (Å²) in [6, 6.07) is 1.54. The monoisotopic (exact) mass is 331 g/mol. The van der Waals surface area contributed by atoms with E-state index in [1.165, 1.54) is 0 Å². The van der Waals surface area contributed by atoms with Gasteiger partial charge < -0.3 is 15.3 Å². The summed E-state index contributed by atoms with van der Waals surface area (Å²) in [7, 11) is 0. The number of phenols is 2. The second kappa shape index (κ2) is 10.3. The molecule has 1 rings (SSSR count). The highest BCUT2D eigenvalue weighted by Crippen LogP contribution is 2.33. The number of unbranched alkanes of at least 4 members (excludes halogenated alkanes) is 2. The number of rotatable bonds is 11. The lowest BCUT2D eigenvalue weighted by atomic mass is 9.97. The van der Waals surface area contributed by atoms with Crippen molar-refractivity contribution in [3.05, 3.63) is 48.1 Å². The maximum Gasteiger partial charge on any atom is 0.303 e. The summed E-state index contributed by atoms with van der Waals surface area (Å²) in [5, 5.41) is 29.1. The zero-order valence-electron chi connectivity index (χ0n) is 13.9. The van der Waals surface area contributed by atoms with Crippen LogP contribution < -0.4 is 0 Å². The van der Waals surface area contributed by atoms with Crippen molar-refractivity contribution >= 4 is 12.2 Å². The van der Waals surface area contributed by atoms with Crippen molar-refractivity contribution in [3.63, 3.8) is 0 Å². The molecule has 0 spiro atoms. The Hall–Kier alpha value is -2.56. The summed E-state index contributed by atoms with van der Waals surface area (Å²) in [6.45, 7) is 7.86. The fourth-order valence-corrected chi connectivity index (χ4v) is 2.40. The summed E-state index contributed by atoms with van der Waals surface area (Å²) in [5.74, 6) is -0.585. The van der Waals surface area contributed by atoms with Crippen LogP contribution in [0.4, 0.5) is 0 Å². The van der Waals surface area contributed by atoms with Gasteiger partial charge in [0.05, 0.1) is 0 Å². The first-order valence-corrected chi connectivity index (χ1v) is 8.01. The predicted octanol–water partition coefficient (Wildman–Crippen LogP) is 3.62. The normalized spacial score (nSPS) is 10.8. The number of hydrogen-bond donors (Lipinski definition) is 3. The third-order valence-electron chi connectivity index (χ3n) is 3.62. The Morgan fingerprint density at radius 3 is 2.46 bits per heavy atom. The third kappa shape index (κ3) is 5.91. The van der Waals surface area contributed by atoms with E-state index in [0.717, 1.165) is 12.8 Å². The lowest BCUT2D eigenvalue weighted by Crippen LogP contribution is -1.98. The Bertz CT molecular complexity index is 620. The Balaban J connectivity index is 2.83. The summed E-state index contributed by atoms with van der Waals surface area (Å²) in [6.07, 6.45) is 8.13. The molecule has 5 nitrogen and oxygen atoms in total. The fraction of sp³-hybridized carbons (Fsp3) is 0.368. The largest absolute Gasteiger partial charge is 0.508 e. The average molecular weight is 331 g/mol. The van der Waals surface area contributed by atoms with Crippen molar-refractivity contribution in [3.8, 4) is 11.5 Å². The minimum absolute atomic E-state index is 0.0965. The molecule has 0 atom stereocenters. The second-order valence-corrected chi connectivity index (χ2v) is 5.52. The van der Waals surface area contributed by atoms with E-state index in [1.54, 1.807) is 24.4 Å². The topological polar surface area (TPSA) is 90.1 Å². The summed E-state index contributed by atoms with van der Waals surface area (Å²) >= 11 is 0. The van der Waals surface area contributed by atoms with Crippen LogP contribution in [0.1, 0.15) is 42.4 Å². The van der Waals surface area contributed by atoms with Crippen LogP contribution >= 0.6 is 0 Å². The van der Waals surface area contributed by atoms with Crippen LogP contribution in [-0.4, -0.2) is 34.0 Å². The van der Waals surface area contributed by atoms with Crippen LogP contribution in [0, 0.1) is 0 Å². The highest BCUT2D eigenvalue weighted by atomic mass is 16.4. The molecule has 0 aliphatic rings. The highest BCUT2D eigenvalue weighted by Gasteiger charge is 2.14. The van der Waals surface area contributed by atoms with E-state index < -0.39 is 5.97 Å². The molecule has 0 radical (unpaired) electrons. The lowest BCUT2D eigenvalue weighted by Gasteiger charge is -2.12. The standard InChI is InChI=1S/C19H25NO4/c1-3-8-14-12-17(21)15(9-4-2)16(19(14)24)13-20-11-7-5-6-10-18(22)23/h3-4,12-13,21,24H,1-2,5-11H2,(H,22,23)/b20-13+. The molecule has 0 saturated carbocycles. The SMILES string of the molecule is C=CCc1cc(O)c(CC=C)c(/C=N/CCCCCC(=O)O)c1O. The van der Waals surface area contributed by atoms with Gasteiger partial charge in [-0.1, -0.05) is 18.6 Å². The number of phenolic OH excluding ortho intramolecular Hbond substituents is 2. The molecule has 0 unspecified atom stereocenters. The Morgan fingerprint density at radius 1 is 1.12 bits per heavy atom. The molecule has 130 valence electrons. The molecule has 0 aliphatic heterocycles. The van der Waals surface area contributed by atoms with Gasteiger partial charge in [0.1, 0.15) is 11.5 Å². The van der Waals surface area contributed by atoms with E-state index in [1.807, 2.05) is 0 Å². The van der Waals surface area contributed by atoms with Gasteiger partial charge in [0.2, 0.25) is 0 Å². The molecule has 3 N–H and O–H groups in total. The first-order chi connectivity index (χ1) is 11.5. The van der Waals surface area contributed by atoms with Crippen LogP contribution in [-0.2, 0) is 17.6 Å². The van der Waals surface area contributed by atoms with Crippen LogP contribution in [0.5, 0.6) is 11.5 Å². The van der Waals surface area contributed by atoms with Crippen LogP contribution in [0.25, 0.3) is 0 Å². The number of allylic oxidation sites excluding steroid dienone is 2. The number of aliphatic imine (C=N–C) groups is 1. The zero-order chi connectivity index (χ0) is 17.9. The molecule has 0 heterocycles. The number of carbonyl (C=O) groups is 1. The average Bonchev–Trinajstić information content (AvgIpc) is 2.53. The van der Waals surface area contributed by atoms with E-state index in [4.69, 9.17) is 5.11 Å². The number of carboxylic acid groups (broad SMARTS) is 1. The van der Waals surface area contributed by atoms with Crippen molar-refractivity contribution in [2.75, 3.05) is 6.54 Å². The number of aliphatic carboxylic acids is 1. The molecule has 1 aromatic rings. The Kier molecular flexibility index (Phi) is 8.33. The molecule has 1 aromatic carbocycles. The Labute approximate surface area is 142 Å². The number of carboxylic acids is 1. The maximum atomic E-state index is 10.4. The van der Waals surface area contributed by atoms with Crippen LogP contribution in [0.15, 0.2) is 36.4 Å². The van der Waals surface area contributed by atoms with Crippen LogP contribution in [0.2, 0.25) is 0 Å². The van der Waals surface area contributed by atoms with E-state index >= 15 is 0 Å². The number of aromatic hydroxyl groups is 2. The van der Waals surface area contributed by atoms with Crippen molar-refractivity contribution in [1.82, 2.24) is 0 Å². The van der Waals surface area contributed by atoms with E-state index in [9.17, 15) is 15.0 Å². The summed E-state index contributed by atoms with van der Waals surface area (Å²) in [4.78, 5) is 14.7. The molecule has 24 heavy (non-hydrogen) atoms. The van der Waals surface area contributed by atoms with Gasteiger partial charge in [-0.2, -0.15) is 0 Å². The summed E-state index contributed by atoms with van der Waals surface area (Å²) < 4.78 is 0. The van der Waals surface area contributed by atoms with Gasteiger partial charge in [-0.3, -0.25) is 9.79 Å². The molecular formula is C19H25NO4. The quantitative estimate of drug-likeness (QED) is 0.250. The zero-order valence-corrected chi connectivity index (χ0v) is 13.9. The third-order valence-corrected chi connectivity index (χ3v) is 3.62. The highest BCUT2D eigenvalue weighted by molar-refractivity contribution is 5.87. The number of benzene rings is 1. The fourth-order valence-electron chi connectivity index (χ4n) is 2.40. The molecule has 0 aromatic heterocycles. The van der Waals surface area contributed by atoms with Crippen molar-refractivity contribution < 1.29 is 20.1 Å². The van der Waals surface area contributed by atoms with Gasteiger partial charge in [0, 0.05) is 35.9 Å². The first-order valence-electron chi connectivity index (χ1n) is 8.01. The molecule has 0 saturated heterocycles. The smallest absolute Gasteiger partial charge is 0.303 e. The van der Waals surface area contributed by atoms with Gasteiger partial charge in [-0.25, -0.2) is 0 Å². The molecule has 0 fully saturated rings. The van der Waals surface area contributed by atoms with Crippen LogP contribution in [0.3, 0.4) is 0 Å². The van der Waals surface area contributed by atoms with Gasteiger partial charge in [-0.15, -0.1) is 13.2 Å². The molecule has 0 bridgehead atoms. The first kappa shape index (κ1) is 19.5. The maximum absolute atomic E-state index is 10.4. The molecule has 5 heteroatoms. The summed E-state index contributed by atoms with van der Waals surface area (Å²) in [5.41, 5.74) is 1.68. The van der Waals surface area contributed by atoms with Crippen molar-refractivity contribution in [2.45, 2.75) is 38.5 Å². The van der Waals surface area contributed by atoms with E-state index in [2.05, 4.69) is 18.2 Å². The minimum atomic E-state index is -0.785. The second-order valence-electron chi connectivity index (χ2n) is 5.52. The predicted molar refractivity (Wildman–Crippen MR) is 96.1 cm³/mol.